The number of carbonyl (C=O) groups is 4. The van der Waals surface area contributed by atoms with E-state index >= 15 is 0 Å². The Morgan fingerprint density at radius 2 is 1.69 bits per heavy atom. The predicted molar refractivity (Wildman–Crippen MR) is 110 cm³/mol. The molecule has 5 amide bonds. The topological polar surface area (TPSA) is 90.9 Å². The smallest absolute Gasteiger partial charge is 0.274 e. The van der Waals surface area contributed by atoms with Crippen LogP contribution in [0, 0.1) is 13.8 Å². The van der Waals surface area contributed by atoms with E-state index in [0.717, 1.165) is 20.9 Å². The second-order valence-electron chi connectivity index (χ2n) is 6.75. The van der Waals surface area contributed by atoms with Crippen molar-refractivity contribution in [2.45, 2.75) is 20.8 Å². The highest BCUT2D eigenvalue weighted by atomic mass is 32.1. The van der Waals surface area contributed by atoms with Crippen molar-refractivity contribution >= 4 is 52.0 Å². The third-order valence-electron chi connectivity index (χ3n) is 4.70. The fourth-order valence-corrected chi connectivity index (χ4v) is 3.70. The van der Waals surface area contributed by atoms with Crippen molar-refractivity contribution in [2.24, 2.45) is 0 Å². The van der Waals surface area contributed by atoms with Crippen LogP contribution in [-0.4, -0.2) is 52.6 Å². The number of thiazole rings is 1. The van der Waals surface area contributed by atoms with Crippen molar-refractivity contribution in [3.8, 4) is 0 Å². The summed E-state index contributed by atoms with van der Waals surface area (Å²) in [5.41, 5.74) is 3.03. The van der Waals surface area contributed by atoms with Gasteiger partial charge in [-0.05, 0) is 43.2 Å². The number of imide groups is 2. The molecule has 0 N–H and O–H groups in total. The van der Waals surface area contributed by atoms with Gasteiger partial charge in [0.1, 0.15) is 5.57 Å². The van der Waals surface area contributed by atoms with Crippen LogP contribution in [0.3, 0.4) is 0 Å². The van der Waals surface area contributed by atoms with E-state index < -0.39 is 17.8 Å². The minimum atomic E-state index is -0.690. The van der Waals surface area contributed by atoms with E-state index in [4.69, 9.17) is 0 Å². The first-order chi connectivity index (χ1) is 13.6. The molecule has 8 nitrogen and oxygen atoms in total. The van der Waals surface area contributed by atoms with E-state index in [1.165, 1.54) is 43.3 Å². The van der Waals surface area contributed by atoms with Crippen LogP contribution in [-0.2, 0) is 14.4 Å². The number of aromatic nitrogens is 1. The fourth-order valence-electron chi connectivity index (χ4n) is 2.86. The lowest BCUT2D eigenvalue weighted by molar-refractivity contribution is -0.134. The Hall–Kier alpha value is -3.33. The van der Waals surface area contributed by atoms with Gasteiger partial charge in [-0.25, -0.2) is 9.78 Å². The summed E-state index contributed by atoms with van der Waals surface area (Å²) >= 11 is 1.22. The number of hydrogen-bond acceptors (Lipinski definition) is 6. The Balaban J connectivity index is 1.98. The summed E-state index contributed by atoms with van der Waals surface area (Å²) < 4.78 is 0. The Morgan fingerprint density at radius 1 is 1.07 bits per heavy atom. The van der Waals surface area contributed by atoms with Gasteiger partial charge < -0.3 is 0 Å². The number of benzene rings is 1. The van der Waals surface area contributed by atoms with Crippen LogP contribution in [0.5, 0.6) is 0 Å². The van der Waals surface area contributed by atoms with Gasteiger partial charge >= 0.3 is 6.03 Å². The molecule has 0 radical (unpaired) electrons. The number of nitrogens with zero attached hydrogens (tertiary/aromatic N) is 4. The number of urea groups is 1. The van der Waals surface area contributed by atoms with E-state index in [1.807, 2.05) is 32.0 Å². The molecule has 9 heteroatoms. The molecule has 1 aliphatic heterocycles. The van der Waals surface area contributed by atoms with Crippen molar-refractivity contribution in [1.29, 1.82) is 0 Å². The Kier molecular flexibility index (Phi) is 5.34. The summed E-state index contributed by atoms with van der Waals surface area (Å²) in [6.07, 6.45) is 1.34. The second kappa shape index (κ2) is 7.59. The van der Waals surface area contributed by atoms with E-state index in [9.17, 15) is 19.2 Å². The molecule has 150 valence electrons. The molecule has 1 aromatic heterocycles. The van der Waals surface area contributed by atoms with Gasteiger partial charge in [0.2, 0.25) is 5.91 Å². The first-order valence-electron chi connectivity index (χ1n) is 8.77. The number of amides is 5. The highest BCUT2D eigenvalue weighted by Crippen LogP contribution is 2.31. The average Bonchev–Trinajstić information content (AvgIpc) is 3.12. The lowest BCUT2D eigenvalue weighted by Crippen LogP contribution is -2.52. The van der Waals surface area contributed by atoms with Gasteiger partial charge in [0.15, 0.2) is 5.13 Å². The molecule has 1 aromatic carbocycles. The van der Waals surface area contributed by atoms with Crippen LogP contribution in [0.1, 0.15) is 23.7 Å². The van der Waals surface area contributed by atoms with E-state index in [-0.39, 0.29) is 11.5 Å². The van der Waals surface area contributed by atoms with E-state index in [0.29, 0.717) is 16.5 Å². The van der Waals surface area contributed by atoms with Gasteiger partial charge in [0.25, 0.3) is 11.8 Å². The fraction of sp³-hybridized carbons (Fsp3) is 0.250. The summed E-state index contributed by atoms with van der Waals surface area (Å²) in [6, 6.07) is 4.99. The number of hydrogen-bond donors (Lipinski definition) is 0. The lowest BCUT2D eigenvalue weighted by Gasteiger charge is -2.28. The lowest BCUT2D eigenvalue weighted by atomic mass is 10.1. The van der Waals surface area contributed by atoms with Gasteiger partial charge in [-0.3, -0.25) is 29.1 Å². The summed E-state index contributed by atoms with van der Waals surface area (Å²) in [7, 11) is 2.62. The predicted octanol–water partition coefficient (Wildman–Crippen LogP) is 2.88. The van der Waals surface area contributed by atoms with Crippen LogP contribution >= 0.6 is 11.3 Å². The first-order valence-corrected chi connectivity index (χ1v) is 9.65. The number of aryl methyl sites for hydroxylation is 2. The van der Waals surface area contributed by atoms with Gasteiger partial charge in [0.05, 0.1) is 11.4 Å². The first kappa shape index (κ1) is 20.4. The molecule has 0 aliphatic carbocycles. The summed E-state index contributed by atoms with van der Waals surface area (Å²) in [5, 5.41) is 2.07. The van der Waals surface area contributed by atoms with Gasteiger partial charge in [-0.15, -0.1) is 11.3 Å². The molecule has 3 rings (SSSR count). The quantitative estimate of drug-likeness (QED) is 0.571. The standard InChI is InChI=1S/C20H20N4O4S/c1-11-6-7-15(8-12(11)2)24(13(3)25)19-21-14(10-29-19)9-16-17(26)22(4)20(28)23(5)18(16)27/h6-10H,1-5H3. The minimum Gasteiger partial charge on any atom is -0.274 e. The van der Waals surface area contributed by atoms with Crippen molar-refractivity contribution in [3.05, 3.63) is 46.0 Å². The molecule has 1 saturated heterocycles. The molecular formula is C20H20N4O4S. The average molecular weight is 412 g/mol. The van der Waals surface area contributed by atoms with Gasteiger partial charge in [0, 0.05) is 26.4 Å². The molecule has 1 aliphatic rings. The number of barbiturate groups is 1. The molecule has 2 aromatic rings. The molecule has 0 spiro atoms. The molecule has 0 unspecified atom stereocenters. The zero-order chi connectivity index (χ0) is 21.5. The zero-order valence-electron chi connectivity index (χ0n) is 16.7. The SMILES string of the molecule is CC(=O)N(c1ccc(C)c(C)c1)c1nc(C=C2C(=O)N(C)C(=O)N(C)C2=O)cs1. The molecule has 0 saturated carbocycles. The summed E-state index contributed by atoms with van der Waals surface area (Å²) in [4.78, 5) is 56.4. The van der Waals surface area contributed by atoms with Crippen molar-refractivity contribution < 1.29 is 19.2 Å². The monoisotopic (exact) mass is 412 g/mol. The molecule has 2 heterocycles. The summed E-state index contributed by atoms with van der Waals surface area (Å²) in [5.74, 6) is -1.59. The normalized spacial score (nSPS) is 14.5. The highest BCUT2D eigenvalue weighted by Gasteiger charge is 2.38. The largest absolute Gasteiger partial charge is 0.333 e. The third-order valence-corrected chi connectivity index (χ3v) is 5.54. The third kappa shape index (κ3) is 3.68. The maximum Gasteiger partial charge on any atom is 0.333 e. The Morgan fingerprint density at radius 3 is 2.24 bits per heavy atom. The van der Waals surface area contributed by atoms with Crippen LogP contribution in [0.25, 0.3) is 6.08 Å². The zero-order valence-corrected chi connectivity index (χ0v) is 17.5. The van der Waals surface area contributed by atoms with Crippen LogP contribution in [0.2, 0.25) is 0 Å². The molecule has 0 atom stereocenters. The molecule has 1 fully saturated rings. The maximum atomic E-state index is 12.3. The number of rotatable bonds is 3. The molecule has 0 bridgehead atoms. The Bertz CT molecular complexity index is 1050. The van der Waals surface area contributed by atoms with Crippen molar-refractivity contribution in [1.82, 2.24) is 14.8 Å². The van der Waals surface area contributed by atoms with Gasteiger partial charge in [-0.2, -0.15) is 0 Å². The van der Waals surface area contributed by atoms with Crippen molar-refractivity contribution in [2.75, 3.05) is 19.0 Å². The van der Waals surface area contributed by atoms with E-state index in [2.05, 4.69) is 4.98 Å². The van der Waals surface area contributed by atoms with Crippen LogP contribution < -0.4 is 4.90 Å². The number of carbonyl (C=O) groups excluding carboxylic acids is 4. The number of likely N-dealkylation sites (N-methyl/N-ethyl adjacent to an activating group) is 2. The van der Waals surface area contributed by atoms with Gasteiger partial charge in [-0.1, -0.05) is 6.07 Å². The van der Waals surface area contributed by atoms with E-state index in [1.54, 1.807) is 5.38 Å². The minimum absolute atomic E-state index is 0.160. The maximum absolute atomic E-state index is 12.3. The second-order valence-corrected chi connectivity index (χ2v) is 7.58. The Labute approximate surface area is 172 Å². The van der Waals surface area contributed by atoms with Crippen LogP contribution in [0.4, 0.5) is 15.6 Å². The van der Waals surface area contributed by atoms with Crippen molar-refractivity contribution in [3.63, 3.8) is 0 Å². The molecular weight excluding hydrogens is 392 g/mol. The molecule has 29 heavy (non-hydrogen) atoms. The number of anilines is 2. The van der Waals surface area contributed by atoms with Crippen LogP contribution in [0.15, 0.2) is 29.2 Å². The highest BCUT2D eigenvalue weighted by molar-refractivity contribution is 7.14. The summed E-state index contributed by atoms with van der Waals surface area (Å²) in [6.45, 7) is 5.39.